The third-order valence-corrected chi connectivity index (χ3v) is 4.54. The smallest absolute Gasteiger partial charge is 0.294 e. The summed E-state index contributed by atoms with van der Waals surface area (Å²) in [6.07, 6.45) is 0. The molecule has 3 aromatic carbocycles. The minimum absolute atomic E-state index is 0.0600. The predicted molar refractivity (Wildman–Crippen MR) is 97.7 cm³/mol. The summed E-state index contributed by atoms with van der Waals surface area (Å²) in [5.74, 6) is 0.401. The van der Waals surface area contributed by atoms with Crippen molar-refractivity contribution in [2.75, 3.05) is 18.5 Å². The molecule has 0 saturated carbocycles. The molecule has 0 heterocycles. The van der Waals surface area contributed by atoms with E-state index in [-0.39, 0.29) is 23.9 Å². The van der Waals surface area contributed by atoms with Crippen molar-refractivity contribution in [2.45, 2.75) is 4.90 Å². The first-order valence-electron chi connectivity index (χ1n) is 7.72. The van der Waals surface area contributed by atoms with Gasteiger partial charge in [0.1, 0.15) is 18.1 Å². The first kappa shape index (κ1) is 18.0. The Balaban J connectivity index is 1.88. The third kappa shape index (κ3) is 4.05. The number of aromatic hydroxyl groups is 1. The van der Waals surface area contributed by atoms with Gasteiger partial charge in [0, 0.05) is 22.8 Å². The molecule has 8 heteroatoms. The van der Waals surface area contributed by atoms with Gasteiger partial charge in [-0.2, -0.15) is 8.42 Å². The topological polar surface area (TPSA) is 116 Å². The number of benzene rings is 3. The molecule has 0 aliphatic heterocycles. The fraction of sp³-hybridized carbons (Fsp3) is 0.111. The Kier molecular flexibility index (Phi) is 4.99. The fourth-order valence-electron chi connectivity index (χ4n) is 2.51. The van der Waals surface area contributed by atoms with Crippen LogP contribution in [0.15, 0.2) is 59.5 Å². The van der Waals surface area contributed by atoms with E-state index in [2.05, 4.69) is 5.32 Å². The summed E-state index contributed by atoms with van der Waals surface area (Å²) in [7, 11) is -4.41. The summed E-state index contributed by atoms with van der Waals surface area (Å²) in [6.45, 7) is 0.159. The van der Waals surface area contributed by atoms with Crippen molar-refractivity contribution in [2.24, 2.45) is 0 Å². The SMILES string of the molecule is O=S(=O)(O)c1cc(O)c2ccc(Nc3ccc(OCCO)cc3)cc2c1. The Morgan fingerprint density at radius 1 is 0.962 bits per heavy atom. The van der Waals surface area contributed by atoms with Crippen LogP contribution in [-0.2, 0) is 10.1 Å². The molecule has 3 rings (SSSR count). The van der Waals surface area contributed by atoms with E-state index in [1.54, 1.807) is 42.5 Å². The minimum atomic E-state index is -4.41. The molecule has 3 aromatic rings. The average Bonchev–Trinajstić information content (AvgIpc) is 2.60. The molecule has 136 valence electrons. The van der Waals surface area contributed by atoms with E-state index in [9.17, 15) is 18.1 Å². The second kappa shape index (κ2) is 7.20. The molecular weight excluding hydrogens is 358 g/mol. The van der Waals surface area contributed by atoms with Crippen molar-refractivity contribution in [1.29, 1.82) is 0 Å². The van der Waals surface area contributed by atoms with Crippen LogP contribution >= 0.6 is 0 Å². The van der Waals surface area contributed by atoms with Crippen LogP contribution in [0.25, 0.3) is 10.8 Å². The Morgan fingerprint density at radius 3 is 2.31 bits per heavy atom. The highest BCUT2D eigenvalue weighted by Gasteiger charge is 2.13. The first-order chi connectivity index (χ1) is 12.4. The van der Waals surface area contributed by atoms with E-state index >= 15 is 0 Å². The van der Waals surface area contributed by atoms with Crippen LogP contribution in [0.1, 0.15) is 0 Å². The lowest BCUT2D eigenvalue weighted by Gasteiger charge is -2.10. The van der Waals surface area contributed by atoms with Gasteiger partial charge in [0.25, 0.3) is 10.1 Å². The van der Waals surface area contributed by atoms with Gasteiger partial charge in [-0.3, -0.25) is 4.55 Å². The molecule has 0 radical (unpaired) electrons. The van der Waals surface area contributed by atoms with Gasteiger partial charge in [-0.25, -0.2) is 0 Å². The van der Waals surface area contributed by atoms with Gasteiger partial charge < -0.3 is 20.3 Å². The number of anilines is 2. The van der Waals surface area contributed by atoms with Crippen LogP contribution in [0.4, 0.5) is 11.4 Å². The number of fused-ring (bicyclic) bond motifs is 1. The number of ether oxygens (including phenoxy) is 1. The van der Waals surface area contributed by atoms with Gasteiger partial charge in [-0.1, -0.05) is 0 Å². The summed E-state index contributed by atoms with van der Waals surface area (Å²) < 4.78 is 37.1. The second-order valence-corrected chi connectivity index (χ2v) is 7.00. The average molecular weight is 375 g/mol. The monoisotopic (exact) mass is 375 g/mol. The van der Waals surface area contributed by atoms with E-state index in [1.807, 2.05) is 0 Å². The van der Waals surface area contributed by atoms with Crippen LogP contribution in [0, 0.1) is 0 Å². The zero-order valence-corrected chi connectivity index (χ0v) is 14.4. The number of hydrogen-bond acceptors (Lipinski definition) is 6. The van der Waals surface area contributed by atoms with Crippen molar-refractivity contribution < 1.29 is 27.9 Å². The number of phenols is 1. The van der Waals surface area contributed by atoms with Gasteiger partial charge in [-0.15, -0.1) is 0 Å². The molecule has 0 bridgehead atoms. The lowest BCUT2D eigenvalue weighted by atomic mass is 10.1. The molecule has 4 N–H and O–H groups in total. The van der Waals surface area contributed by atoms with Crippen LogP contribution < -0.4 is 10.1 Å². The molecule has 0 atom stereocenters. The fourth-order valence-corrected chi connectivity index (χ4v) is 3.05. The van der Waals surface area contributed by atoms with Crippen molar-refractivity contribution >= 4 is 32.3 Å². The molecule has 0 unspecified atom stereocenters. The van der Waals surface area contributed by atoms with Gasteiger partial charge in [0.05, 0.1) is 11.5 Å². The summed E-state index contributed by atoms with van der Waals surface area (Å²) in [4.78, 5) is -0.370. The number of nitrogens with one attached hydrogen (secondary N) is 1. The van der Waals surface area contributed by atoms with Gasteiger partial charge in [0.15, 0.2) is 0 Å². The molecule has 0 amide bonds. The molecule has 0 spiro atoms. The summed E-state index contributed by atoms with van der Waals surface area (Å²) in [5.41, 5.74) is 1.45. The largest absolute Gasteiger partial charge is 0.507 e. The summed E-state index contributed by atoms with van der Waals surface area (Å²) in [6, 6.07) is 14.5. The van der Waals surface area contributed by atoms with E-state index in [1.165, 1.54) is 6.07 Å². The van der Waals surface area contributed by atoms with Crippen LogP contribution in [-0.4, -0.2) is 36.4 Å². The van der Waals surface area contributed by atoms with Crippen molar-refractivity contribution in [3.8, 4) is 11.5 Å². The van der Waals surface area contributed by atoms with E-state index in [4.69, 9.17) is 9.84 Å². The highest BCUT2D eigenvalue weighted by Crippen LogP contribution is 2.31. The highest BCUT2D eigenvalue weighted by atomic mass is 32.2. The van der Waals surface area contributed by atoms with Crippen LogP contribution in [0.3, 0.4) is 0 Å². The normalized spacial score (nSPS) is 11.5. The number of aliphatic hydroxyl groups is 1. The first-order valence-corrected chi connectivity index (χ1v) is 9.16. The second-order valence-electron chi connectivity index (χ2n) is 5.57. The van der Waals surface area contributed by atoms with Gasteiger partial charge in [-0.05, 0) is 53.9 Å². The molecule has 0 aliphatic carbocycles. The molecule has 0 fully saturated rings. The maximum Gasteiger partial charge on any atom is 0.294 e. The molecule has 7 nitrogen and oxygen atoms in total. The number of rotatable bonds is 6. The number of phenolic OH excluding ortho intramolecular Hbond substituents is 1. The molecule has 26 heavy (non-hydrogen) atoms. The van der Waals surface area contributed by atoms with Gasteiger partial charge >= 0.3 is 0 Å². The maximum atomic E-state index is 11.3. The Hall–Kier alpha value is -2.81. The summed E-state index contributed by atoms with van der Waals surface area (Å²) >= 11 is 0. The lowest BCUT2D eigenvalue weighted by Crippen LogP contribution is -2.01. The van der Waals surface area contributed by atoms with Crippen LogP contribution in [0.5, 0.6) is 11.5 Å². The highest BCUT2D eigenvalue weighted by molar-refractivity contribution is 7.85. The molecular formula is C18H17NO6S. The van der Waals surface area contributed by atoms with E-state index in [0.717, 1.165) is 11.8 Å². The lowest BCUT2D eigenvalue weighted by molar-refractivity contribution is 0.201. The molecule has 0 aliphatic rings. The molecule has 0 aromatic heterocycles. The standard InChI is InChI=1S/C18H17NO6S/c20-7-8-25-15-4-1-13(2-5-15)19-14-3-6-17-12(9-14)10-16(11-18(17)21)26(22,23)24/h1-6,9-11,19-21H,7-8H2,(H,22,23,24). The summed E-state index contributed by atoms with van der Waals surface area (Å²) in [5, 5.41) is 22.8. The molecule has 0 saturated heterocycles. The third-order valence-electron chi connectivity index (χ3n) is 3.71. The van der Waals surface area contributed by atoms with Gasteiger partial charge in [0.2, 0.25) is 0 Å². The van der Waals surface area contributed by atoms with Crippen molar-refractivity contribution in [3.05, 3.63) is 54.6 Å². The van der Waals surface area contributed by atoms with Crippen LogP contribution in [0.2, 0.25) is 0 Å². The Labute approximate surface area is 150 Å². The zero-order valence-electron chi connectivity index (χ0n) is 13.6. The maximum absolute atomic E-state index is 11.3. The zero-order chi connectivity index (χ0) is 18.7. The van der Waals surface area contributed by atoms with E-state index in [0.29, 0.717) is 22.2 Å². The minimum Gasteiger partial charge on any atom is -0.507 e. The van der Waals surface area contributed by atoms with Crippen molar-refractivity contribution in [1.82, 2.24) is 0 Å². The van der Waals surface area contributed by atoms with E-state index < -0.39 is 10.1 Å². The number of aliphatic hydroxyl groups excluding tert-OH is 1. The number of hydrogen-bond donors (Lipinski definition) is 4. The Morgan fingerprint density at radius 2 is 1.65 bits per heavy atom. The quantitative estimate of drug-likeness (QED) is 0.490. The van der Waals surface area contributed by atoms with Crippen molar-refractivity contribution in [3.63, 3.8) is 0 Å². The predicted octanol–water partition coefficient (Wildman–Crippen LogP) is 2.91. The Bertz CT molecular complexity index is 1030.